The van der Waals surface area contributed by atoms with E-state index in [-0.39, 0.29) is 0 Å². The van der Waals surface area contributed by atoms with Gasteiger partial charge in [-0.05, 0) is 45.9 Å². The lowest BCUT2D eigenvalue weighted by Crippen LogP contribution is -2.01. The van der Waals surface area contributed by atoms with Crippen molar-refractivity contribution in [3.8, 4) is 56.9 Å². The molecule has 6 aromatic rings. The van der Waals surface area contributed by atoms with Crippen molar-refractivity contribution in [2.45, 2.75) is 27.7 Å². The Morgan fingerprint density at radius 3 is 1.07 bits per heavy atom. The van der Waals surface area contributed by atoms with Gasteiger partial charge in [0.25, 0.3) is 0 Å². The fourth-order valence-electron chi connectivity index (χ4n) is 4.63. The van der Waals surface area contributed by atoms with Crippen LogP contribution >= 0.6 is 0 Å². The average molecular weight is 522 g/mol. The minimum absolute atomic E-state index is 0.580. The van der Waals surface area contributed by atoms with Gasteiger partial charge >= 0.3 is 0 Å². The Labute approximate surface area is 233 Å². The Bertz CT molecular complexity index is 1790. The van der Waals surface area contributed by atoms with Gasteiger partial charge in [-0.3, -0.25) is 0 Å². The van der Waals surface area contributed by atoms with Crippen LogP contribution in [-0.2, 0) is 0 Å². The molecule has 0 saturated carbocycles. The number of hydrogen-bond acceptors (Lipinski definition) is 7. The molecule has 0 amide bonds. The van der Waals surface area contributed by atoms with E-state index in [0.29, 0.717) is 29.1 Å². The fraction of sp³-hybridized carbons (Fsp3) is 0.121. The molecule has 40 heavy (non-hydrogen) atoms. The zero-order valence-corrected chi connectivity index (χ0v) is 22.8. The SMILES string of the molecule is Cc1cc(C)nc(-c2ccc(-c3nc(-c4ccccc4)nc(-c4cccc(-c5nc(C)cc(C)n5)c4)n3)cc2)n1. The topological polar surface area (TPSA) is 90.2 Å². The van der Waals surface area contributed by atoms with E-state index < -0.39 is 0 Å². The number of aryl methyl sites for hydroxylation is 4. The first-order chi connectivity index (χ1) is 19.4. The Kier molecular flexibility index (Phi) is 6.62. The second-order valence-corrected chi connectivity index (χ2v) is 9.78. The van der Waals surface area contributed by atoms with Crippen LogP contribution in [0.15, 0.2) is 91.0 Å². The fourth-order valence-corrected chi connectivity index (χ4v) is 4.63. The van der Waals surface area contributed by atoms with E-state index in [1.54, 1.807) is 0 Å². The monoisotopic (exact) mass is 521 g/mol. The van der Waals surface area contributed by atoms with Gasteiger partial charge in [0.05, 0.1) is 0 Å². The maximum Gasteiger partial charge on any atom is 0.164 e. The van der Waals surface area contributed by atoms with Crippen LogP contribution in [-0.4, -0.2) is 34.9 Å². The van der Waals surface area contributed by atoms with E-state index in [0.717, 1.165) is 50.6 Å². The van der Waals surface area contributed by atoms with Crippen LogP contribution < -0.4 is 0 Å². The van der Waals surface area contributed by atoms with E-state index >= 15 is 0 Å². The molecule has 0 bridgehead atoms. The van der Waals surface area contributed by atoms with Gasteiger partial charge in [-0.15, -0.1) is 0 Å². The maximum atomic E-state index is 4.91. The predicted molar refractivity (Wildman–Crippen MR) is 157 cm³/mol. The zero-order chi connectivity index (χ0) is 27.6. The van der Waals surface area contributed by atoms with Crippen LogP contribution in [0, 0.1) is 27.7 Å². The Hall–Kier alpha value is -5.17. The highest BCUT2D eigenvalue weighted by molar-refractivity contribution is 5.71. The summed E-state index contributed by atoms with van der Waals surface area (Å²) in [5.41, 5.74) is 8.24. The molecule has 0 aliphatic heterocycles. The average Bonchev–Trinajstić information content (AvgIpc) is 2.96. The molecule has 0 radical (unpaired) electrons. The number of aromatic nitrogens is 7. The van der Waals surface area contributed by atoms with Gasteiger partial charge in [-0.1, -0.05) is 72.8 Å². The number of benzene rings is 3. The summed E-state index contributed by atoms with van der Waals surface area (Å²) in [5.74, 6) is 3.16. The molecule has 7 heteroatoms. The molecule has 0 unspecified atom stereocenters. The van der Waals surface area contributed by atoms with Crippen molar-refractivity contribution in [2.75, 3.05) is 0 Å². The predicted octanol–water partition coefficient (Wildman–Crippen LogP) is 7.02. The van der Waals surface area contributed by atoms with Crippen molar-refractivity contribution in [3.05, 3.63) is 114 Å². The Balaban J connectivity index is 1.44. The van der Waals surface area contributed by atoms with Crippen LogP contribution in [0.3, 0.4) is 0 Å². The largest absolute Gasteiger partial charge is 0.233 e. The van der Waals surface area contributed by atoms with E-state index in [1.165, 1.54) is 0 Å². The molecule has 0 saturated heterocycles. The number of hydrogen-bond donors (Lipinski definition) is 0. The van der Waals surface area contributed by atoms with Gasteiger partial charge in [0.2, 0.25) is 0 Å². The van der Waals surface area contributed by atoms with Crippen molar-refractivity contribution >= 4 is 0 Å². The van der Waals surface area contributed by atoms with Crippen LogP contribution in [0.25, 0.3) is 56.9 Å². The molecule has 6 rings (SSSR count). The smallest absolute Gasteiger partial charge is 0.164 e. The highest BCUT2D eigenvalue weighted by atomic mass is 15.0. The van der Waals surface area contributed by atoms with Crippen molar-refractivity contribution in [2.24, 2.45) is 0 Å². The summed E-state index contributed by atoms with van der Waals surface area (Å²) in [6.45, 7) is 7.91. The minimum Gasteiger partial charge on any atom is -0.233 e. The van der Waals surface area contributed by atoms with E-state index in [2.05, 4.69) is 19.9 Å². The van der Waals surface area contributed by atoms with Crippen LogP contribution in [0.5, 0.6) is 0 Å². The zero-order valence-electron chi connectivity index (χ0n) is 22.8. The quantitative estimate of drug-likeness (QED) is 0.241. The first-order valence-corrected chi connectivity index (χ1v) is 13.1. The molecule has 0 N–H and O–H groups in total. The molecule has 0 aliphatic carbocycles. The minimum atomic E-state index is 0.580. The third-order valence-corrected chi connectivity index (χ3v) is 6.41. The molecule has 0 atom stereocenters. The highest BCUT2D eigenvalue weighted by Gasteiger charge is 2.14. The third kappa shape index (κ3) is 5.35. The summed E-state index contributed by atoms with van der Waals surface area (Å²) in [6, 6.07) is 29.9. The Morgan fingerprint density at radius 2 is 0.625 bits per heavy atom. The molecule has 0 aliphatic rings. The number of nitrogens with zero attached hydrogens (tertiary/aromatic N) is 7. The molecular formula is C33H27N7. The summed E-state index contributed by atoms with van der Waals surface area (Å²) in [5, 5.41) is 0. The van der Waals surface area contributed by atoms with Crippen LogP contribution in [0.2, 0.25) is 0 Å². The van der Waals surface area contributed by atoms with Crippen molar-refractivity contribution < 1.29 is 0 Å². The van der Waals surface area contributed by atoms with Crippen LogP contribution in [0.1, 0.15) is 22.8 Å². The Morgan fingerprint density at radius 1 is 0.300 bits per heavy atom. The lowest BCUT2D eigenvalue weighted by molar-refractivity contribution is 1.06. The van der Waals surface area contributed by atoms with Crippen molar-refractivity contribution in [3.63, 3.8) is 0 Å². The lowest BCUT2D eigenvalue weighted by Gasteiger charge is -2.10. The molecule has 3 aromatic heterocycles. The number of rotatable bonds is 5. The molecule has 3 heterocycles. The lowest BCUT2D eigenvalue weighted by atomic mass is 10.1. The first kappa shape index (κ1) is 25.1. The van der Waals surface area contributed by atoms with Gasteiger partial charge in [0, 0.05) is 50.6 Å². The van der Waals surface area contributed by atoms with Gasteiger partial charge in [-0.25, -0.2) is 34.9 Å². The van der Waals surface area contributed by atoms with Gasteiger partial charge in [0.15, 0.2) is 29.1 Å². The molecular weight excluding hydrogens is 494 g/mol. The second-order valence-electron chi connectivity index (χ2n) is 9.78. The van der Waals surface area contributed by atoms with Crippen molar-refractivity contribution in [1.29, 1.82) is 0 Å². The second kappa shape index (κ2) is 10.5. The van der Waals surface area contributed by atoms with Crippen molar-refractivity contribution in [1.82, 2.24) is 34.9 Å². The van der Waals surface area contributed by atoms with Gasteiger partial charge in [-0.2, -0.15) is 0 Å². The molecule has 0 spiro atoms. The molecule has 3 aromatic carbocycles. The normalized spacial score (nSPS) is 11.0. The van der Waals surface area contributed by atoms with E-state index in [9.17, 15) is 0 Å². The van der Waals surface area contributed by atoms with Gasteiger partial charge < -0.3 is 0 Å². The summed E-state index contributed by atoms with van der Waals surface area (Å²) in [4.78, 5) is 33.1. The summed E-state index contributed by atoms with van der Waals surface area (Å²) in [7, 11) is 0. The highest BCUT2D eigenvalue weighted by Crippen LogP contribution is 2.28. The molecule has 7 nitrogen and oxygen atoms in total. The summed E-state index contributed by atoms with van der Waals surface area (Å²) in [6.07, 6.45) is 0. The molecule has 0 fully saturated rings. The molecule has 194 valence electrons. The summed E-state index contributed by atoms with van der Waals surface area (Å²) >= 11 is 0. The third-order valence-electron chi connectivity index (χ3n) is 6.41. The van der Waals surface area contributed by atoms with Crippen LogP contribution in [0.4, 0.5) is 0 Å². The first-order valence-electron chi connectivity index (χ1n) is 13.1. The van der Waals surface area contributed by atoms with E-state index in [4.69, 9.17) is 15.0 Å². The maximum absolute atomic E-state index is 4.91. The summed E-state index contributed by atoms with van der Waals surface area (Å²) < 4.78 is 0. The van der Waals surface area contributed by atoms with E-state index in [1.807, 2.05) is 119 Å². The standard InChI is InChI=1S/C33H27N7/c1-20-17-21(2)35-29(34-20)25-13-15-26(16-14-25)31-38-30(24-9-6-5-7-10-24)39-33(40-31)28-12-8-11-27(19-28)32-36-22(3)18-23(4)37-32/h5-19H,1-4H3. The van der Waals surface area contributed by atoms with Gasteiger partial charge in [0.1, 0.15) is 0 Å².